The lowest BCUT2D eigenvalue weighted by Gasteiger charge is -2.42. The van der Waals surface area contributed by atoms with Gasteiger partial charge in [-0.3, -0.25) is 38.4 Å². The van der Waals surface area contributed by atoms with Gasteiger partial charge in [-0.2, -0.15) is 0 Å². The molecular weight excluding hydrogens is 608 g/mol. The molecule has 0 heterocycles. The number of Topliss-reactive ketones (excluding diaryl/α,β-unsaturated/α-hetero) is 8. The Morgan fingerprint density at radius 1 is 0.354 bits per heavy atom. The van der Waals surface area contributed by atoms with Crippen LogP contribution in [-0.2, 0) is 38.4 Å². The average molecular weight is 659 g/mol. The molecule has 8 heteroatoms. The highest BCUT2D eigenvalue weighted by atomic mass is 16.2. The first-order valence-corrected chi connectivity index (χ1v) is 17.3. The second kappa shape index (κ2) is 12.2. The van der Waals surface area contributed by atoms with Crippen molar-refractivity contribution in [1.29, 1.82) is 0 Å². The normalized spacial score (nSPS) is 25.9. The Morgan fingerprint density at radius 2 is 0.500 bits per heavy atom. The van der Waals surface area contributed by atoms with Gasteiger partial charge in [0.25, 0.3) is 0 Å². The molecule has 0 radical (unpaired) electrons. The quantitative estimate of drug-likeness (QED) is 0.332. The third-order valence-electron chi connectivity index (χ3n) is 11.1. The van der Waals surface area contributed by atoms with Crippen LogP contribution < -0.4 is 0 Å². The smallest absolute Gasteiger partial charge is 0.144 e. The van der Waals surface area contributed by atoms with Gasteiger partial charge in [-0.05, 0) is 32.8 Å². The summed E-state index contributed by atoms with van der Waals surface area (Å²) in [5, 5.41) is 0. The Morgan fingerprint density at radius 3 is 0.646 bits per heavy atom. The van der Waals surface area contributed by atoms with Crippen LogP contribution >= 0.6 is 0 Å². The van der Waals surface area contributed by atoms with Crippen molar-refractivity contribution >= 4 is 46.3 Å². The predicted molar refractivity (Wildman–Crippen MR) is 178 cm³/mol. The number of benzene rings is 1. The summed E-state index contributed by atoms with van der Waals surface area (Å²) in [4.78, 5) is 109. The molecule has 0 saturated heterocycles. The summed E-state index contributed by atoms with van der Waals surface area (Å²) in [6, 6.07) is 6.60. The second-order valence-electron chi connectivity index (χ2n) is 18.4. The van der Waals surface area contributed by atoms with Gasteiger partial charge in [0, 0.05) is 63.2 Å². The summed E-state index contributed by atoms with van der Waals surface area (Å²) in [5.74, 6) is -9.00. The van der Waals surface area contributed by atoms with E-state index in [0.29, 0.717) is 11.1 Å². The predicted octanol–water partition coefficient (Wildman–Crippen LogP) is 6.15. The van der Waals surface area contributed by atoms with E-state index in [1.165, 1.54) is 0 Å². The lowest BCUT2D eigenvalue weighted by molar-refractivity contribution is -0.149. The lowest BCUT2D eigenvalue weighted by Crippen LogP contribution is -2.48. The van der Waals surface area contributed by atoms with Crippen LogP contribution in [0.15, 0.2) is 24.3 Å². The van der Waals surface area contributed by atoms with Crippen LogP contribution in [0.5, 0.6) is 0 Å². The minimum Gasteiger partial charge on any atom is -0.299 e. The van der Waals surface area contributed by atoms with E-state index in [0.717, 1.165) is 0 Å². The highest BCUT2D eigenvalue weighted by Gasteiger charge is 2.54. The number of hydrogen-bond donors (Lipinski definition) is 0. The van der Waals surface area contributed by atoms with Gasteiger partial charge in [0.05, 0.1) is 23.7 Å². The van der Waals surface area contributed by atoms with E-state index in [-0.39, 0.29) is 97.6 Å². The molecule has 4 aliphatic carbocycles. The Balaban J connectivity index is 1.61. The van der Waals surface area contributed by atoms with E-state index in [1.54, 1.807) is 24.3 Å². The zero-order valence-corrected chi connectivity index (χ0v) is 29.7. The van der Waals surface area contributed by atoms with Gasteiger partial charge in [0.2, 0.25) is 0 Å². The van der Waals surface area contributed by atoms with Crippen molar-refractivity contribution in [3.05, 3.63) is 35.4 Å². The molecule has 48 heavy (non-hydrogen) atoms. The molecule has 1 aromatic rings. The first kappa shape index (κ1) is 35.9. The molecule has 0 N–H and O–H groups in total. The highest BCUT2D eigenvalue weighted by molar-refractivity contribution is 6.12. The maximum atomic E-state index is 13.7. The molecule has 0 aliphatic heterocycles. The van der Waals surface area contributed by atoms with Gasteiger partial charge in [-0.1, -0.05) is 79.7 Å². The Labute approximate surface area is 283 Å². The fourth-order valence-electron chi connectivity index (χ4n) is 9.32. The van der Waals surface area contributed by atoms with Crippen LogP contribution in [0.4, 0.5) is 0 Å². The monoisotopic (exact) mass is 658 g/mol. The van der Waals surface area contributed by atoms with Gasteiger partial charge in [-0.25, -0.2) is 0 Å². The lowest BCUT2D eigenvalue weighted by atomic mass is 9.58. The number of hydrogen-bond acceptors (Lipinski definition) is 8. The van der Waals surface area contributed by atoms with Crippen LogP contribution in [0.3, 0.4) is 0 Å². The summed E-state index contributed by atoms with van der Waals surface area (Å²) < 4.78 is 0. The average Bonchev–Trinajstić information content (AvgIpc) is 2.87. The van der Waals surface area contributed by atoms with E-state index in [4.69, 9.17) is 0 Å². The first-order chi connectivity index (χ1) is 22.0. The molecule has 0 spiro atoms. The molecule has 0 atom stereocenters. The molecule has 1 aromatic carbocycles. The van der Waals surface area contributed by atoms with Crippen LogP contribution in [0.2, 0.25) is 0 Å². The molecule has 0 amide bonds. The fourth-order valence-corrected chi connectivity index (χ4v) is 9.32. The van der Waals surface area contributed by atoms with Crippen LogP contribution in [0.25, 0.3) is 0 Å². The number of rotatable bonds is 6. The van der Waals surface area contributed by atoms with Gasteiger partial charge in [0.1, 0.15) is 46.3 Å². The highest BCUT2D eigenvalue weighted by Crippen LogP contribution is 2.50. The van der Waals surface area contributed by atoms with E-state index in [9.17, 15) is 38.4 Å². The van der Waals surface area contributed by atoms with Crippen LogP contribution in [-0.4, -0.2) is 46.3 Å². The van der Waals surface area contributed by atoms with Gasteiger partial charge in [0.15, 0.2) is 0 Å². The van der Waals surface area contributed by atoms with Crippen molar-refractivity contribution in [3.8, 4) is 0 Å². The van der Waals surface area contributed by atoms with Crippen molar-refractivity contribution in [1.82, 2.24) is 0 Å². The van der Waals surface area contributed by atoms with Gasteiger partial charge >= 0.3 is 0 Å². The van der Waals surface area contributed by atoms with E-state index >= 15 is 0 Å². The fraction of sp³-hybridized carbons (Fsp3) is 0.650. The van der Waals surface area contributed by atoms with E-state index in [2.05, 4.69) is 0 Å². The molecule has 258 valence electrons. The Bertz CT molecular complexity index is 1310. The third kappa shape index (κ3) is 7.00. The first-order valence-electron chi connectivity index (χ1n) is 17.3. The summed E-state index contributed by atoms with van der Waals surface area (Å²) in [7, 11) is 0. The molecule has 0 unspecified atom stereocenters. The van der Waals surface area contributed by atoms with E-state index < -0.39 is 57.2 Å². The zero-order valence-electron chi connectivity index (χ0n) is 29.7. The number of carbonyl (C=O) groups excluding carboxylic acids is 8. The zero-order chi connectivity index (χ0) is 35.7. The molecule has 4 aliphatic rings. The minimum atomic E-state index is -1.16. The third-order valence-corrected chi connectivity index (χ3v) is 11.1. The molecule has 4 fully saturated rings. The maximum absolute atomic E-state index is 13.7. The van der Waals surface area contributed by atoms with Gasteiger partial charge < -0.3 is 0 Å². The second-order valence-corrected chi connectivity index (χ2v) is 18.4. The minimum absolute atomic E-state index is 0.144. The van der Waals surface area contributed by atoms with Crippen molar-refractivity contribution in [2.24, 2.45) is 45.3 Å². The van der Waals surface area contributed by atoms with E-state index in [1.807, 2.05) is 55.4 Å². The largest absolute Gasteiger partial charge is 0.299 e. The Hall–Kier alpha value is -3.42. The number of ketones is 8. The Kier molecular flexibility index (Phi) is 9.09. The maximum Gasteiger partial charge on any atom is 0.144 e. The molecule has 8 nitrogen and oxygen atoms in total. The standard InChI is InChI=1S/C40H50O8/c1-37(2)13-23(41)33(24(42)14-37)31(34-25(43)15-38(3,4)16-26(34)44)21-9-11-22(12-10-21)32(35-27(45)17-39(5,6)18-28(35)46)36-29(47)19-40(7,8)20-30(36)48/h9-12,31-36H,13-20H2,1-8H3. The van der Waals surface area contributed by atoms with Crippen LogP contribution in [0.1, 0.15) is 130 Å². The van der Waals surface area contributed by atoms with Crippen molar-refractivity contribution in [3.63, 3.8) is 0 Å². The molecule has 4 saturated carbocycles. The summed E-state index contributed by atoms with van der Waals surface area (Å²) >= 11 is 0. The summed E-state index contributed by atoms with van der Waals surface area (Å²) in [6.45, 7) is 14.8. The van der Waals surface area contributed by atoms with Crippen molar-refractivity contribution < 1.29 is 38.4 Å². The summed E-state index contributed by atoms with van der Waals surface area (Å²) in [5.41, 5.74) is -1.21. The molecule has 5 rings (SSSR count). The topological polar surface area (TPSA) is 137 Å². The molecule has 0 aromatic heterocycles. The van der Waals surface area contributed by atoms with Crippen molar-refractivity contribution in [2.45, 2.75) is 119 Å². The van der Waals surface area contributed by atoms with Gasteiger partial charge in [-0.15, -0.1) is 0 Å². The molecule has 0 bridgehead atoms. The number of carbonyl (C=O) groups is 8. The summed E-state index contributed by atoms with van der Waals surface area (Å²) in [6.07, 6.45) is 1.15. The molecular formula is C40H50O8. The van der Waals surface area contributed by atoms with Crippen molar-refractivity contribution in [2.75, 3.05) is 0 Å². The SMILES string of the molecule is CC1(C)CC(=O)C(C(c2ccc(C(C3C(=O)CC(C)(C)CC3=O)C3C(=O)CC(C)(C)CC3=O)cc2)C2C(=O)CC(C)(C)CC2=O)C(=O)C1. The van der Waals surface area contributed by atoms with Crippen LogP contribution in [0, 0.1) is 45.3 Å².